The van der Waals surface area contributed by atoms with Crippen LogP contribution in [-0.2, 0) is 10.0 Å². The molecule has 0 aliphatic rings. The molecule has 1 aromatic carbocycles. The highest BCUT2D eigenvalue weighted by atomic mass is 32.2. The summed E-state index contributed by atoms with van der Waals surface area (Å²) >= 11 is 0. The van der Waals surface area contributed by atoms with Gasteiger partial charge in [-0.15, -0.1) is 0 Å². The molecule has 0 saturated carbocycles. The Balaban J connectivity index is 3.27. The Kier molecular flexibility index (Phi) is 5.31. The fraction of sp³-hybridized carbons (Fsp3) is 0.417. The van der Waals surface area contributed by atoms with Gasteiger partial charge in [0.2, 0.25) is 10.0 Å². The minimum absolute atomic E-state index is 0.0392. The van der Waals surface area contributed by atoms with Gasteiger partial charge in [0.05, 0.1) is 11.3 Å². The number of aromatic carboxylic acids is 1. The van der Waals surface area contributed by atoms with Crippen LogP contribution < -0.4 is 10.0 Å². The topological polar surface area (TPSA) is 95.5 Å². The number of carbonyl (C=O) groups is 1. The van der Waals surface area contributed by atoms with Crippen molar-refractivity contribution < 1.29 is 18.3 Å². The molecular formula is C12H18N2O4S. The molecular weight excluding hydrogens is 268 g/mol. The first kappa shape index (κ1) is 15.5. The van der Waals surface area contributed by atoms with Gasteiger partial charge in [0.1, 0.15) is 4.90 Å². The summed E-state index contributed by atoms with van der Waals surface area (Å²) < 4.78 is 26.7. The molecule has 3 N–H and O–H groups in total. The minimum Gasteiger partial charge on any atom is -0.478 e. The Morgan fingerprint density at radius 1 is 1.32 bits per heavy atom. The summed E-state index contributed by atoms with van der Waals surface area (Å²) in [6.45, 7) is 4.54. The summed E-state index contributed by atoms with van der Waals surface area (Å²) in [5.74, 6) is -1.16. The van der Waals surface area contributed by atoms with Crippen LogP contribution in [0.2, 0.25) is 0 Å². The Hall–Kier alpha value is -1.60. The fourth-order valence-electron chi connectivity index (χ4n) is 1.53. The summed E-state index contributed by atoms with van der Waals surface area (Å²) in [5, 5.41) is 11.8. The second-order valence-corrected chi connectivity index (χ2v) is 5.68. The third kappa shape index (κ3) is 3.93. The number of rotatable bonds is 7. The quantitative estimate of drug-likeness (QED) is 0.706. The van der Waals surface area contributed by atoms with Crippen LogP contribution in [0.25, 0.3) is 0 Å². The molecule has 0 aliphatic heterocycles. The van der Waals surface area contributed by atoms with Crippen molar-refractivity contribution in [2.75, 3.05) is 18.4 Å². The lowest BCUT2D eigenvalue weighted by Crippen LogP contribution is -2.25. The summed E-state index contributed by atoms with van der Waals surface area (Å²) in [5.41, 5.74) is 0.342. The van der Waals surface area contributed by atoms with E-state index < -0.39 is 16.0 Å². The Labute approximate surface area is 112 Å². The largest absolute Gasteiger partial charge is 0.478 e. The van der Waals surface area contributed by atoms with Crippen LogP contribution in [0, 0.1) is 0 Å². The second kappa shape index (κ2) is 6.53. The molecule has 7 heteroatoms. The molecule has 0 spiro atoms. The average Bonchev–Trinajstić information content (AvgIpc) is 2.37. The number of sulfonamides is 1. The third-order valence-corrected chi connectivity index (χ3v) is 3.93. The fourth-order valence-corrected chi connectivity index (χ4v) is 2.87. The summed E-state index contributed by atoms with van der Waals surface area (Å²) in [6.07, 6.45) is 0.661. The molecule has 0 unspecified atom stereocenters. The van der Waals surface area contributed by atoms with Crippen molar-refractivity contribution in [1.29, 1.82) is 0 Å². The zero-order valence-corrected chi connectivity index (χ0v) is 11.8. The molecule has 0 aliphatic carbocycles. The molecule has 6 nitrogen and oxygen atoms in total. The number of anilines is 1. The molecule has 19 heavy (non-hydrogen) atoms. The predicted molar refractivity (Wildman–Crippen MR) is 73.0 cm³/mol. The van der Waals surface area contributed by atoms with Crippen molar-refractivity contribution in [2.45, 2.75) is 25.2 Å². The summed E-state index contributed by atoms with van der Waals surface area (Å²) in [7, 11) is -3.71. The first-order valence-corrected chi connectivity index (χ1v) is 7.51. The summed E-state index contributed by atoms with van der Waals surface area (Å²) in [4.78, 5) is 10.9. The molecule has 0 aromatic heterocycles. The van der Waals surface area contributed by atoms with E-state index in [9.17, 15) is 13.2 Å². The van der Waals surface area contributed by atoms with Crippen LogP contribution in [0.5, 0.6) is 0 Å². The zero-order chi connectivity index (χ0) is 14.5. The van der Waals surface area contributed by atoms with Crippen LogP contribution in [0.4, 0.5) is 5.69 Å². The van der Waals surface area contributed by atoms with E-state index in [0.717, 1.165) is 0 Å². The first-order chi connectivity index (χ1) is 8.92. The molecule has 0 radical (unpaired) electrons. The zero-order valence-electron chi connectivity index (χ0n) is 10.9. The molecule has 0 heterocycles. The second-order valence-electron chi connectivity index (χ2n) is 3.94. The smallest absolute Gasteiger partial charge is 0.335 e. The van der Waals surface area contributed by atoms with Gasteiger partial charge in [-0.1, -0.05) is 6.92 Å². The van der Waals surface area contributed by atoms with Gasteiger partial charge in [0, 0.05) is 13.1 Å². The maximum absolute atomic E-state index is 12.1. The van der Waals surface area contributed by atoms with Crippen molar-refractivity contribution in [3.8, 4) is 0 Å². The van der Waals surface area contributed by atoms with E-state index in [-0.39, 0.29) is 10.5 Å². The monoisotopic (exact) mass is 286 g/mol. The average molecular weight is 286 g/mol. The van der Waals surface area contributed by atoms with Crippen LogP contribution in [0.3, 0.4) is 0 Å². The van der Waals surface area contributed by atoms with Crippen LogP contribution >= 0.6 is 0 Å². The van der Waals surface area contributed by atoms with Crippen LogP contribution in [0.1, 0.15) is 30.6 Å². The maximum Gasteiger partial charge on any atom is 0.335 e. The van der Waals surface area contributed by atoms with E-state index in [0.29, 0.717) is 25.2 Å². The lowest BCUT2D eigenvalue weighted by atomic mass is 10.2. The van der Waals surface area contributed by atoms with E-state index in [1.54, 1.807) is 0 Å². The normalized spacial score (nSPS) is 11.3. The van der Waals surface area contributed by atoms with Crippen molar-refractivity contribution in [2.24, 2.45) is 0 Å². The molecule has 0 bridgehead atoms. The molecule has 0 atom stereocenters. The van der Waals surface area contributed by atoms with Gasteiger partial charge in [-0.3, -0.25) is 0 Å². The molecule has 1 aromatic rings. The highest BCUT2D eigenvalue weighted by molar-refractivity contribution is 7.89. The number of benzene rings is 1. The number of hydrogen-bond donors (Lipinski definition) is 3. The molecule has 106 valence electrons. The van der Waals surface area contributed by atoms with Crippen molar-refractivity contribution >= 4 is 21.7 Å². The van der Waals surface area contributed by atoms with Crippen molar-refractivity contribution in [3.63, 3.8) is 0 Å². The highest BCUT2D eigenvalue weighted by Crippen LogP contribution is 2.22. The maximum atomic E-state index is 12.1. The van der Waals surface area contributed by atoms with Gasteiger partial charge in [-0.25, -0.2) is 17.9 Å². The van der Waals surface area contributed by atoms with Gasteiger partial charge >= 0.3 is 5.97 Å². The number of hydrogen-bond acceptors (Lipinski definition) is 4. The molecule has 0 saturated heterocycles. The Morgan fingerprint density at radius 3 is 2.53 bits per heavy atom. The van der Waals surface area contributed by atoms with Crippen molar-refractivity contribution in [1.82, 2.24) is 4.72 Å². The molecule has 0 amide bonds. The van der Waals surface area contributed by atoms with Gasteiger partial charge in [0.15, 0.2) is 0 Å². The van der Waals surface area contributed by atoms with Crippen LogP contribution in [0.15, 0.2) is 23.1 Å². The number of carboxylic acids is 1. The molecule has 0 fully saturated rings. The Bertz CT molecular complexity index is 555. The standard InChI is InChI=1S/C12H18N2O4S/c1-3-7-14-19(17,18)11-8-9(12(15)16)5-6-10(11)13-4-2/h5-6,8,13-14H,3-4,7H2,1-2H3,(H,15,16). The van der Waals surface area contributed by atoms with Crippen LogP contribution in [-0.4, -0.2) is 32.6 Å². The molecule has 1 rings (SSSR count). The summed E-state index contributed by atoms with van der Waals surface area (Å²) in [6, 6.07) is 4.00. The minimum atomic E-state index is -3.71. The van der Waals surface area contributed by atoms with E-state index >= 15 is 0 Å². The van der Waals surface area contributed by atoms with Gasteiger partial charge in [-0.2, -0.15) is 0 Å². The number of nitrogens with one attached hydrogen (secondary N) is 2. The van der Waals surface area contributed by atoms with Gasteiger partial charge in [0.25, 0.3) is 0 Å². The SMILES string of the molecule is CCCNS(=O)(=O)c1cc(C(=O)O)ccc1NCC. The van der Waals surface area contributed by atoms with Gasteiger partial charge in [-0.05, 0) is 31.5 Å². The Morgan fingerprint density at radius 2 is 2.00 bits per heavy atom. The van der Waals surface area contributed by atoms with E-state index in [1.165, 1.54) is 18.2 Å². The van der Waals surface area contributed by atoms with E-state index in [4.69, 9.17) is 5.11 Å². The third-order valence-electron chi connectivity index (χ3n) is 2.43. The van der Waals surface area contributed by atoms with Crippen molar-refractivity contribution in [3.05, 3.63) is 23.8 Å². The van der Waals surface area contributed by atoms with E-state index in [2.05, 4.69) is 10.0 Å². The highest BCUT2D eigenvalue weighted by Gasteiger charge is 2.19. The van der Waals surface area contributed by atoms with E-state index in [1.807, 2.05) is 13.8 Å². The van der Waals surface area contributed by atoms with Gasteiger partial charge < -0.3 is 10.4 Å². The lowest BCUT2D eigenvalue weighted by Gasteiger charge is -2.12. The predicted octanol–water partition coefficient (Wildman–Crippen LogP) is 1.50. The lowest BCUT2D eigenvalue weighted by molar-refractivity contribution is 0.0696. The number of carboxylic acid groups (broad SMARTS) is 1. The first-order valence-electron chi connectivity index (χ1n) is 6.03.